The van der Waals surface area contributed by atoms with E-state index in [2.05, 4.69) is 25.9 Å². The Morgan fingerprint density at radius 1 is 0.737 bits per heavy atom. The monoisotopic (exact) mass is 542 g/mol. The number of carbonyl (C=O) groups excluding carboxylic acids is 3. The molecule has 0 aromatic rings. The largest absolute Gasteiger partial charge is 0.480 e. The van der Waals surface area contributed by atoms with Crippen molar-refractivity contribution in [3.8, 4) is 0 Å². The van der Waals surface area contributed by atoms with E-state index in [1.807, 2.05) is 13.8 Å². The maximum absolute atomic E-state index is 13.2. The first-order chi connectivity index (χ1) is 17.6. The number of nitrogens with one attached hydrogen (secondary N) is 3. The first kappa shape index (κ1) is 34.4. The molecular weight excluding hydrogens is 496 g/mol. The molecule has 0 saturated carbocycles. The lowest BCUT2D eigenvalue weighted by Crippen LogP contribution is -2.58. The number of amides is 3. The van der Waals surface area contributed by atoms with Crippen LogP contribution in [0, 0.1) is 11.8 Å². The molecule has 0 aliphatic heterocycles. The highest BCUT2D eigenvalue weighted by atomic mass is 16.4. The molecule has 15 heteroatoms. The van der Waals surface area contributed by atoms with Gasteiger partial charge in [-0.25, -0.2) is 4.79 Å². The number of hydrogen-bond donors (Lipinski definition) is 9. The quantitative estimate of drug-likeness (QED) is 0.0505. The topological polar surface area (TPSA) is 279 Å². The SMILES string of the molecule is CC(C)CC(NC(=O)C(CCCN=C(N)N)NC(=O)C(NC(=O)C(N)CCCN=C(N)N)C(C)C)C(=O)O. The van der Waals surface area contributed by atoms with E-state index in [9.17, 15) is 24.3 Å². The van der Waals surface area contributed by atoms with Gasteiger partial charge in [-0.05, 0) is 43.9 Å². The van der Waals surface area contributed by atoms with Crippen molar-refractivity contribution in [2.75, 3.05) is 13.1 Å². The number of carbonyl (C=O) groups is 4. The van der Waals surface area contributed by atoms with Crippen molar-refractivity contribution < 1.29 is 24.3 Å². The van der Waals surface area contributed by atoms with Crippen LogP contribution in [0.5, 0.6) is 0 Å². The minimum absolute atomic E-state index is 0.00974. The van der Waals surface area contributed by atoms with E-state index in [0.29, 0.717) is 19.4 Å². The van der Waals surface area contributed by atoms with Crippen LogP contribution in [0.25, 0.3) is 0 Å². The zero-order chi connectivity index (χ0) is 29.4. The number of carboxylic acids is 1. The molecule has 0 aliphatic carbocycles. The summed E-state index contributed by atoms with van der Waals surface area (Å²) in [6.45, 7) is 7.63. The normalized spacial score (nSPS) is 14.1. The molecule has 15 nitrogen and oxygen atoms in total. The average Bonchev–Trinajstić information content (AvgIpc) is 2.80. The predicted molar refractivity (Wildman–Crippen MR) is 146 cm³/mol. The van der Waals surface area contributed by atoms with Gasteiger partial charge in [-0.3, -0.25) is 24.4 Å². The molecule has 14 N–H and O–H groups in total. The van der Waals surface area contributed by atoms with Gasteiger partial charge < -0.3 is 49.7 Å². The van der Waals surface area contributed by atoms with Gasteiger partial charge in [0.25, 0.3) is 0 Å². The first-order valence-electron chi connectivity index (χ1n) is 12.7. The van der Waals surface area contributed by atoms with E-state index < -0.39 is 47.9 Å². The minimum atomic E-state index is -1.18. The van der Waals surface area contributed by atoms with Gasteiger partial charge in [0.15, 0.2) is 11.9 Å². The van der Waals surface area contributed by atoms with Crippen molar-refractivity contribution in [2.45, 2.75) is 84.0 Å². The van der Waals surface area contributed by atoms with Gasteiger partial charge in [0.1, 0.15) is 18.1 Å². The molecule has 0 aromatic heterocycles. The van der Waals surface area contributed by atoms with Gasteiger partial charge in [0, 0.05) is 13.1 Å². The van der Waals surface area contributed by atoms with Crippen LogP contribution in [-0.2, 0) is 19.2 Å². The smallest absolute Gasteiger partial charge is 0.326 e. The van der Waals surface area contributed by atoms with E-state index >= 15 is 0 Å². The Hall–Kier alpha value is -3.62. The van der Waals surface area contributed by atoms with Crippen molar-refractivity contribution in [1.29, 1.82) is 0 Å². The first-order valence-corrected chi connectivity index (χ1v) is 12.7. The minimum Gasteiger partial charge on any atom is -0.480 e. The molecule has 0 rings (SSSR count). The van der Waals surface area contributed by atoms with E-state index in [0.717, 1.165) is 0 Å². The average molecular weight is 543 g/mol. The molecule has 0 bridgehead atoms. The summed E-state index contributed by atoms with van der Waals surface area (Å²) in [7, 11) is 0. The van der Waals surface area contributed by atoms with Crippen LogP contribution in [0.1, 0.15) is 59.8 Å². The van der Waals surface area contributed by atoms with Gasteiger partial charge in [-0.15, -0.1) is 0 Å². The number of nitrogens with two attached hydrogens (primary N) is 5. The fraction of sp³-hybridized carbons (Fsp3) is 0.739. The number of rotatable bonds is 18. The predicted octanol–water partition coefficient (Wildman–Crippen LogP) is -2.34. The van der Waals surface area contributed by atoms with Gasteiger partial charge in [0.2, 0.25) is 17.7 Å². The summed E-state index contributed by atoms with van der Waals surface area (Å²) < 4.78 is 0. The molecule has 0 fully saturated rings. The fourth-order valence-corrected chi connectivity index (χ4v) is 3.44. The highest BCUT2D eigenvalue weighted by Crippen LogP contribution is 2.09. The second-order valence-corrected chi connectivity index (χ2v) is 9.82. The van der Waals surface area contributed by atoms with Crippen molar-refractivity contribution in [2.24, 2.45) is 50.5 Å². The van der Waals surface area contributed by atoms with Crippen LogP contribution in [0.3, 0.4) is 0 Å². The van der Waals surface area contributed by atoms with Gasteiger partial charge in [-0.2, -0.15) is 0 Å². The van der Waals surface area contributed by atoms with E-state index in [1.165, 1.54) is 0 Å². The van der Waals surface area contributed by atoms with Crippen molar-refractivity contribution in [3.63, 3.8) is 0 Å². The second kappa shape index (κ2) is 17.8. The highest BCUT2D eigenvalue weighted by Gasteiger charge is 2.31. The third-order valence-electron chi connectivity index (χ3n) is 5.45. The molecule has 0 saturated heterocycles. The van der Waals surface area contributed by atoms with Crippen LogP contribution >= 0.6 is 0 Å². The number of nitrogens with zero attached hydrogens (tertiary/aromatic N) is 2. The molecule has 0 radical (unpaired) electrons. The van der Waals surface area contributed by atoms with Crippen LogP contribution in [-0.4, -0.2) is 78.0 Å². The number of hydrogen-bond acceptors (Lipinski definition) is 7. The second-order valence-electron chi connectivity index (χ2n) is 9.82. The maximum Gasteiger partial charge on any atom is 0.326 e. The Bertz CT molecular complexity index is 838. The molecule has 4 atom stereocenters. The summed E-state index contributed by atoms with van der Waals surface area (Å²) >= 11 is 0. The lowest BCUT2D eigenvalue weighted by molar-refractivity contribution is -0.143. The van der Waals surface area contributed by atoms with E-state index in [1.54, 1.807) is 13.8 Å². The molecule has 0 heterocycles. The lowest BCUT2D eigenvalue weighted by Gasteiger charge is -2.27. The summed E-state index contributed by atoms with van der Waals surface area (Å²) in [5.41, 5.74) is 27.2. The highest BCUT2D eigenvalue weighted by molar-refractivity contribution is 5.94. The van der Waals surface area contributed by atoms with Crippen molar-refractivity contribution in [3.05, 3.63) is 0 Å². The van der Waals surface area contributed by atoms with E-state index in [4.69, 9.17) is 28.7 Å². The Morgan fingerprint density at radius 2 is 1.24 bits per heavy atom. The van der Waals surface area contributed by atoms with Crippen LogP contribution in [0.4, 0.5) is 0 Å². The Balaban J connectivity index is 5.48. The van der Waals surface area contributed by atoms with Gasteiger partial charge in [0.05, 0.1) is 6.04 Å². The number of aliphatic imine (C=N–C) groups is 2. The molecular formula is C23H46N10O5. The van der Waals surface area contributed by atoms with Crippen molar-refractivity contribution in [1.82, 2.24) is 16.0 Å². The lowest BCUT2D eigenvalue weighted by atomic mass is 10.0. The Morgan fingerprint density at radius 3 is 1.68 bits per heavy atom. The summed E-state index contributed by atoms with van der Waals surface area (Å²) in [6.07, 6.45) is 1.42. The molecule has 38 heavy (non-hydrogen) atoms. The van der Waals surface area contributed by atoms with Crippen LogP contribution in [0.2, 0.25) is 0 Å². The number of guanidine groups is 2. The molecule has 0 spiro atoms. The third kappa shape index (κ3) is 14.8. The Labute approximate surface area is 223 Å². The summed E-state index contributed by atoms with van der Waals surface area (Å²) in [4.78, 5) is 58.1. The summed E-state index contributed by atoms with van der Waals surface area (Å²) in [6, 6.07) is -4.11. The molecule has 4 unspecified atom stereocenters. The molecule has 3 amide bonds. The molecule has 218 valence electrons. The molecule has 0 aliphatic rings. The summed E-state index contributed by atoms with van der Waals surface area (Å²) in [5, 5.41) is 17.3. The standard InChI is InChI=1S/C23H46N10O5/c1-12(2)11-16(21(37)38)32-19(35)15(8-6-10-30-23(27)28)31-20(36)17(13(3)4)33-18(34)14(24)7-5-9-29-22(25)26/h12-17H,5-11,24H2,1-4H3,(H,31,36)(H,32,35)(H,33,34)(H,37,38)(H4,25,26,29)(H4,27,28,30). The number of aliphatic carboxylic acids is 1. The van der Waals surface area contributed by atoms with Crippen LogP contribution in [0.15, 0.2) is 9.98 Å². The van der Waals surface area contributed by atoms with E-state index in [-0.39, 0.29) is 49.6 Å². The summed E-state index contributed by atoms with van der Waals surface area (Å²) in [5.74, 6) is -3.51. The number of carboxylic acid groups (broad SMARTS) is 1. The maximum atomic E-state index is 13.2. The zero-order valence-electron chi connectivity index (χ0n) is 22.8. The zero-order valence-corrected chi connectivity index (χ0v) is 22.8. The fourth-order valence-electron chi connectivity index (χ4n) is 3.44. The Kier molecular flexibility index (Phi) is 16.1. The molecule has 0 aromatic carbocycles. The van der Waals surface area contributed by atoms with Crippen molar-refractivity contribution >= 4 is 35.6 Å². The van der Waals surface area contributed by atoms with Crippen LogP contribution < -0.4 is 44.6 Å². The van der Waals surface area contributed by atoms with Gasteiger partial charge >= 0.3 is 5.97 Å². The third-order valence-corrected chi connectivity index (χ3v) is 5.45. The van der Waals surface area contributed by atoms with Gasteiger partial charge in [-0.1, -0.05) is 27.7 Å².